The van der Waals surface area contributed by atoms with Crippen LogP contribution in [-0.2, 0) is 11.3 Å². The molecule has 0 aliphatic rings. The lowest BCUT2D eigenvalue weighted by atomic mass is 10.2. The molecule has 1 N–H and O–H groups in total. The lowest BCUT2D eigenvalue weighted by Crippen LogP contribution is -2.24. The molecule has 0 aliphatic carbocycles. The highest BCUT2D eigenvalue weighted by molar-refractivity contribution is 5.26. The monoisotopic (exact) mass is 265 g/mol. The second-order valence-corrected chi connectivity index (χ2v) is 5.22. The van der Waals surface area contributed by atoms with Gasteiger partial charge in [-0.2, -0.15) is 0 Å². The summed E-state index contributed by atoms with van der Waals surface area (Å²) in [5.74, 6) is 0.886. The van der Waals surface area contributed by atoms with Crippen molar-refractivity contribution in [1.82, 2.24) is 5.32 Å². The van der Waals surface area contributed by atoms with Crippen LogP contribution in [0.2, 0.25) is 0 Å². The van der Waals surface area contributed by atoms with Crippen molar-refractivity contribution in [2.45, 2.75) is 52.4 Å². The van der Waals surface area contributed by atoms with E-state index < -0.39 is 0 Å². The van der Waals surface area contributed by atoms with E-state index in [-0.39, 0.29) is 0 Å². The van der Waals surface area contributed by atoms with Crippen LogP contribution in [0.4, 0.5) is 0 Å². The van der Waals surface area contributed by atoms with E-state index in [9.17, 15) is 0 Å². The van der Waals surface area contributed by atoms with Crippen LogP contribution in [-0.4, -0.2) is 25.8 Å². The van der Waals surface area contributed by atoms with Crippen molar-refractivity contribution in [3.05, 3.63) is 29.8 Å². The first-order valence-corrected chi connectivity index (χ1v) is 7.09. The number of rotatable bonds is 9. The molecular weight excluding hydrogens is 238 g/mol. The normalized spacial score (nSPS) is 12.7. The third-order valence-electron chi connectivity index (χ3n) is 3.03. The molecule has 0 spiro atoms. The van der Waals surface area contributed by atoms with Crippen molar-refractivity contribution in [2.24, 2.45) is 0 Å². The molecule has 0 heterocycles. The maximum absolute atomic E-state index is 5.84. The Morgan fingerprint density at radius 3 is 2.37 bits per heavy atom. The number of hydrogen-bond acceptors (Lipinski definition) is 3. The van der Waals surface area contributed by atoms with Crippen LogP contribution in [0.1, 0.15) is 39.2 Å². The smallest absolute Gasteiger partial charge is 0.118 e. The van der Waals surface area contributed by atoms with Gasteiger partial charge in [0.15, 0.2) is 0 Å². The Hall–Kier alpha value is -1.06. The third-order valence-corrected chi connectivity index (χ3v) is 3.03. The lowest BCUT2D eigenvalue weighted by molar-refractivity contribution is 0.0463. The van der Waals surface area contributed by atoms with Gasteiger partial charge in [-0.15, -0.1) is 0 Å². The van der Waals surface area contributed by atoms with E-state index in [1.807, 2.05) is 24.3 Å². The number of hydrogen-bond donors (Lipinski definition) is 1. The molecule has 0 fully saturated rings. The Balaban J connectivity index is 2.16. The van der Waals surface area contributed by atoms with Crippen LogP contribution in [0.5, 0.6) is 5.75 Å². The molecule has 3 heteroatoms. The van der Waals surface area contributed by atoms with Gasteiger partial charge >= 0.3 is 0 Å². The van der Waals surface area contributed by atoms with Crippen LogP contribution in [0.3, 0.4) is 0 Å². The molecule has 0 amide bonds. The summed E-state index contributed by atoms with van der Waals surface area (Å²) in [6, 6.07) is 8.60. The van der Waals surface area contributed by atoms with Crippen molar-refractivity contribution in [3.63, 3.8) is 0 Å². The fraction of sp³-hybridized carbons (Fsp3) is 0.625. The first-order valence-electron chi connectivity index (χ1n) is 7.09. The average molecular weight is 265 g/mol. The van der Waals surface area contributed by atoms with E-state index in [0.29, 0.717) is 18.8 Å². The van der Waals surface area contributed by atoms with Crippen LogP contribution >= 0.6 is 0 Å². The van der Waals surface area contributed by atoms with Gasteiger partial charge in [-0.1, -0.05) is 26.0 Å². The van der Waals surface area contributed by atoms with Gasteiger partial charge < -0.3 is 14.8 Å². The molecule has 19 heavy (non-hydrogen) atoms. The predicted molar refractivity (Wildman–Crippen MR) is 79.6 cm³/mol. The minimum Gasteiger partial charge on any atom is -0.497 e. The average Bonchev–Trinajstić information content (AvgIpc) is 2.41. The topological polar surface area (TPSA) is 30.5 Å². The minimum atomic E-state index is 0.302. The Labute approximate surface area is 117 Å². The summed E-state index contributed by atoms with van der Waals surface area (Å²) >= 11 is 0. The molecule has 108 valence electrons. The molecule has 3 nitrogen and oxygen atoms in total. The standard InChI is InChI=1S/C16H27NO2/c1-13(2)17-11-5-6-14(3)19-12-15-7-9-16(18-4)10-8-15/h7-10,13-14,17H,5-6,11-12H2,1-4H3. The Morgan fingerprint density at radius 2 is 1.79 bits per heavy atom. The van der Waals surface area contributed by atoms with Gasteiger partial charge in [0, 0.05) is 6.04 Å². The molecule has 1 aromatic rings. The number of benzene rings is 1. The number of nitrogens with one attached hydrogen (secondary N) is 1. The van der Waals surface area contributed by atoms with Crippen molar-refractivity contribution in [3.8, 4) is 5.75 Å². The van der Waals surface area contributed by atoms with Crippen molar-refractivity contribution in [1.29, 1.82) is 0 Å². The first-order chi connectivity index (χ1) is 9.11. The highest BCUT2D eigenvalue weighted by atomic mass is 16.5. The highest BCUT2D eigenvalue weighted by Crippen LogP contribution is 2.13. The fourth-order valence-corrected chi connectivity index (χ4v) is 1.82. The van der Waals surface area contributed by atoms with Gasteiger partial charge in [0.05, 0.1) is 19.8 Å². The molecule has 0 bridgehead atoms. The largest absolute Gasteiger partial charge is 0.497 e. The number of methoxy groups -OCH3 is 1. The van der Waals surface area contributed by atoms with Gasteiger partial charge in [-0.05, 0) is 44.0 Å². The molecule has 0 aromatic heterocycles. The first kappa shape index (κ1) is 16.0. The van der Waals surface area contributed by atoms with Crippen molar-refractivity contribution >= 4 is 0 Å². The summed E-state index contributed by atoms with van der Waals surface area (Å²) in [5, 5.41) is 3.42. The van der Waals surface area contributed by atoms with Crippen molar-refractivity contribution in [2.75, 3.05) is 13.7 Å². The van der Waals surface area contributed by atoms with Crippen LogP contribution in [0.15, 0.2) is 24.3 Å². The van der Waals surface area contributed by atoms with E-state index >= 15 is 0 Å². The highest BCUT2D eigenvalue weighted by Gasteiger charge is 2.03. The molecule has 1 unspecified atom stereocenters. The fourth-order valence-electron chi connectivity index (χ4n) is 1.82. The summed E-state index contributed by atoms with van der Waals surface area (Å²) in [7, 11) is 1.68. The molecule has 1 rings (SSSR count). The van der Waals surface area contributed by atoms with Gasteiger partial charge in [-0.3, -0.25) is 0 Å². The SMILES string of the molecule is COc1ccc(COC(C)CCCNC(C)C)cc1. The van der Waals surface area contributed by atoms with Crippen LogP contribution < -0.4 is 10.1 Å². The maximum atomic E-state index is 5.84. The molecule has 0 aliphatic heterocycles. The summed E-state index contributed by atoms with van der Waals surface area (Å²) in [6.07, 6.45) is 2.55. The van der Waals surface area contributed by atoms with E-state index in [1.165, 1.54) is 5.56 Å². The minimum absolute atomic E-state index is 0.302. The molecular formula is C16H27NO2. The zero-order valence-corrected chi connectivity index (χ0v) is 12.6. The van der Waals surface area contributed by atoms with Gasteiger partial charge in [0.1, 0.15) is 5.75 Å². The molecule has 0 radical (unpaired) electrons. The quantitative estimate of drug-likeness (QED) is 0.694. The van der Waals surface area contributed by atoms with E-state index in [4.69, 9.17) is 9.47 Å². The molecule has 0 saturated heterocycles. The molecule has 1 atom stereocenters. The second kappa shape index (κ2) is 8.94. The Bertz CT molecular complexity index is 335. The van der Waals surface area contributed by atoms with E-state index in [2.05, 4.69) is 26.1 Å². The van der Waals surface area contributed by atoms with Crippen LogP contribution in [0.25, 0.3) is 0 Å². The number of ether oxygens (including phenoxy) is 2. The lowest BCUT2D eigenvalue weighted by Gasteiger charge is -2.14. The summed E-state index contributed by atoms with van der Waals surface area (Å²) in [6.45, 7) is 8.21. The van der Waals surface area contributed by atoms with Crippen molar-refractivity contribution < 1.29 is 9.47 Å². The Kier molecular flexibility index (Phi) is 7.53. The maximum Gasteiger partial charge on any atom is 0.118 e. The van der Waals surface area contributed by atoms with Gasteiger partial charge in [0.25, 0.3) is 0 Å². The van der Waals surface area contributed by atoms with Gasteiger partial charge in [0.2, 0.25) is 0 Å². The second-order valence-electron chi connectivity index (χ2n) is 5.22. The molecule has 1 aromatic carbocycles. The zero-order valence-electron chi connectivity index (χ0n) is 12.6. The summed E-state index contributed by atoms with van der Waals surface area (Å²) in [5.41, 5.74) is 1.19. The predicted octanol–water partition coefficient (Wildman–Crippen LogP) is 3.38. The zero-order chi connectivity index (χ0) is 14.1. The van der Waals surface area contributed by atoms with Gasteiger partial charge in [-0.25, -0.2) is 0 Å². The van der Waals surface area contributed by atoms with E-state index in [0.717, 1.165) is 25.1 Å². The summed E-state index contributed by atoms with van der Waals surface area (Å²) in [4.78, 5) is 0. The Morgan fingerprint density at radius 1 is 1.11 bits per heavy atom. The summed E-state index contributed by atoms with van der Waals surface area (Å²) < 4.78 is 11.0. The third kappa shape index (κ3) is 7.19. The van der Waals surface area contributed by atoms with E-state index in [1.54, 1.807) is 7.11 Å². The van der Waals surface area contributed by atoms with Crippen LogP contribution in [0, 0.1) is 0 Å². The molecule has 0 saturated carbocycles.